The lowest BCUT2D eigenvalue weighted by molar-refractivity contribution is -0.151. The fourth-order valence-corrected chi connectivity index (χ4v) is 1.89. The second-order valence-electron chi connectivity index (χ2n) is 4.15. The molecule has 1 aliphatic rings. The van der Waals surface area contributed by atoms with Gasteiger partial charge in [0, 0.05) is 0 Å². The molecule has 96 valence electrons. The third-order valence-corrected chi connectivity index (χ3v) is 3.08. The summed E-state index contributed by atoms with van der Waals surface area (Å²) in [6.07, 6.45) is -2.95. The Kier molecular flexibility index (Phi) is 2.22. The van der Waals surface area contributed by atoms with Crippen molar-refractivity contribution in [2.24, 2.45) is 0 Å². The van der Waals surface area contributed by atoms with E-state index in [2.05, 4.69) is 25.3 Å². The lowest BCUT2D eigenvalue weighted by Crippen LogP contribution is -2.39. The van der Waals surface area contributed by atoms with Gasteiger partial charge in [-0.2, -0.15) is 23.1 Å². The molecular weight excluding hydrogens is 271 g/mol. The van der Waals surface area contributed by atoms with Gasteiger partial charge in [-0.3, -0.25) is 0 Å². The van der Waals surface area contributed by atoms with Crippen LogP contribution in [-0.2, 0) is 0 Å². The van der Waals surface area contributed by atoms with Gasteiger partial charge in [0.25, 0.3) is 0 Å². The van der Waals surface area contributed by atoms with Crippen molar-refractivity contribution < 1.29 is 13.2 Å². The first-order chi connectivity index (χ1) is 8.41. The number of alkyl halides is 3. The number of rotatable bonds is 2. The van der Waals surface area contributed by atoms with E-state index in [1.165, 1.54) is 6.33 Å². The molecule has 1 saturated carbocycles. The fraction of sp³-hybridized carbons (Fsp3) is 0.444. The minimum absolute atomic E-state index is 0.0216. The van der Waals surface area contributed by atoms with Gasteiger partial charge < -0.3 is 10.3 Å². The molecule has 0 amide bonds. The van der Waals surface area contributed by atoms with Crippen LogP contribution in [0, 0.1) is 0 Å². The van der Waals surface area contributed by atoms with Gasteiger partial charge in [-0.1, -0.05) is 0 Å². The van der Waals surface area contributed by atoms with Gasteiger partial charge in [-0.25, -0.2) is 4.98 Å². The minimum atomic E-state index is -4.32. The Labute approximate surface area is 104 Å². The highest BCUT2D eigenvalue weighted by molar-refractivity contribution is 6.28. The Bertz CT molecular complexity index is 604. The average Bonchev–Trinajstić information content (AvgIpc) is 2.88. The molecule has 3 rings (SSSR count). The van der Waals surface area contributed by atoms with Gasteiger partial charge in [0.1, 0.15) is 11.1 Å². The van der Waals surface area contributed by atoms with Crippen LogP contribution in [0.3, 0.4) is 0 Å². The van der Waals surface area contributed by atoms with E-state index >= 15 is 0 Å². The fourth-order valence-electron chi connectivity index (χ4n) is 1.73. The van der Waals surface area contributed by atoms with Gasteiger partial charge in [-0.15, -0.1) is 0 Å². The molecule has 18 heavy (non-hydrogen) atoms. The van der Waals surface area contributed by atoms with E-state index in [0.717, 1.165) is 0 Å². The van der Waals surface area contributed by atoms with Crippen molar-refractivity contribution >= 4 is 28.6 Å². The van der Waals surface area contributed by atoms with E-state index in [-0.39, 0.29) is 29.6 Å². The monoisotopic (exact) mass is 277 g/mol. The number of hydrogen-bond donors (Lipinski definition) is 2. The van der Waals surface area contributed by atoms with Crippen LogP contribution in [-0.4, -0.2) is 31.7 Å². The smallest absolute Gasteiger partial charge is 0.354 e. The van der Waals surface area contributed by atoms with E-state index in [1.807, 2.05) is 0 Å². The van der Waals surface area contributed by atoms with Gasteiger partial charge >= 0.3 is 6.18 Å². The molecule has 5 nitrogen and oxygen atoms in total. The maximum Gasteiger partial charge on any atom is 0.411 e. The Hall–Kier alpha value is -1.57. The summed E-state index contributed by atoms with van der Waals surface area (Å²) in [5, 5.41) is 2.26. The maximum atomic E-state index is 12.8. The van der Waals surface area contributed by atoms with E-state index in [1.54, 1.807) is 0 Å². The summed E-state index contributed by atoms with van der Waals surface area (Å²) >= 11 is 5.65. The molecule has 2 heterocycles. The third-order valence-electron chi connectivity index (χ3n) is 2.91. The van der Waals surface area contributed by atoms with E-state index in [4.69, 9.17) is 11.6 Å². The second kappa shape index (κ2) is 3.47. The van der Waals surface area contributed by atoms with Crippen molar-refractivity contribution in [1.29, 1.82) is 0 Å². The number of anilines is 1. The number of nitrogens with zero attached hydrogens (tertiary/aromatic N) is 3. The molecule has 0 aliphatic heterocycles. The minimum Gasteiger partial charge on any atom is -0.354 e. The van der Waals surface area contributed by atoms with Crippen LogP contribution in [0.2, 0.25) is 5.28 Å². The molecule has 0 aromatic carbocycles. The number of aromatic nitrogens is 4. The Morgan fingerprint density at radius 3 is 2.67 bits per heavy atom. The highest BCUT2D eigenvalue weighted by Crippen LogP contribution is 2.51. The van der Waals surface area contributed by atoms with Crippen LogP contribution in [0.15, 0.2) is 6.33 Å². The standard InChI is InChI=1S/C9H7ClF3N5/c10-7-16-5-4(14-3-15-5)6(17-7)18-8(1-2-8)9(11,12)13/h3H,1-2H2,(H2,14,15,16,17,18). The summed E-state index contributed by atoms with van der Waals surface area (Å²) in [6, 6.07) is 0. The molecule has 1 fully saturated rings. The Morgan fingerprint density at radius 1 is 1.33 bits per heavy atom. The van der Waals surface area contributed by atoms with Crippen LogP contribution in [0.1, 0.15) is 12.8 Å². The first-order valence-electron chi connectivity index (χ1n) is 5.13. The Morgan fingerprint density at radius 2 is 2.06 bits per heavy atom. The summed E-state index contributed by atoms with van der Waals surface area (Å²) in [7, 11) is 0. The number of fused-ring (bicyclic) bond motifs is 1. The van der Waals surface area contributed by atoms with Gasteiger partial charge in [0.2, 0.25) is 5.28 Å². The number of hydrogen-bond acceptors (Lipinski definition) is 4. The highest BCUT2D eigenvalue weighted by Gasteiger charge is 2.63. The zero-order valence-electron chi connectivity index (χ0n) is 8.85. The van der Waals surface area contributed by atoms with Crippen LogP contribution in [0.5, 0.6) is 0 Å². The predicted octanol–water partition coefficient (Wildman–Crippen LogP) is 2.51. The summed E-state index contributed by atoms with van der Waals surface area (Å²) in [5.41, 5.74) is -1.35. The second-order valence-corrected chi connectivity index (χ2v) is 4.49. The third kappa shape index (κ3) is 1.67. The molecule has 2 aromatic heterocycles. The average molecular weight is 278 g/mol. The lowest BCUT2D eigenvalue weighted by Gasteiger charge is -2.21. The molecule has 1 aliphatic carbocycles. The first kappa shape index (κ1) is 11.5. The number of halogens is 4. The van der Waals surface area contributed by atoms with Crippen molar-refractivity contribution in [2.45, 2.75) is 24.6 Å². The van der Waals surface area contributed by atoms with Crippen molar-refractivity contribution in [3.63, 3.8) is 0 Å². The Balaban J connectivity index is 2.03. The van der Waals surface area contributed by atoms with Gasteiger partial charge in [0.15, 0.2) is 11.5 Å². The molecule has 9 heteroatoms. The summed E-state index contributed by atoms with van der Waals surface area (Å²) in [5.74, 6) is 0.0253. The predicted molar refractivity (Wildman–Crippen MR) is 58.3 cm³/mol. The number of imidazole rings is 1. The molecule has 0 bridgehead atoms. The molecule has 0 unspecified atom stereocenters. The summed E-state index contributed by atoms with van der Waals surface area (Å²) in [4.78, 5) is 14.1. The van der Waals surface area contributed by atoms with E-state index in [0.29, 0.717) is 5.52 Å². The van der Waals surface area contributed by atoms with Crippen molar-refractivity contribution in [2.75, 3.05) is 5.32 Å². The molecule has 0 spiro atoms. The summed E-state index contributed by atoms with van der Waals surface area (Å²) < 4.78 is 38.5. The number of aromatic amines is 1. The van der Waals surface area contributed by atoms with Gasteiger partial charge in [0.05, 0.1) is 6.33 Å². The largest absolute Gasteiger partial charge is 0.411 e. The molecule has 2 aromatic rings. The molecule has 2 N–H and O–H groups in total. The van der Waals surface area contributed by atoms with Crippen molar-refractivity contribution in [3.05, 3.63) is 11.6 Å². The van der Waals surface area contributed by atoms with E-state index < -0.39 is 11.7 Å². The normalized spacial score (nSPS) is 18.0. The maximum absolute atomic E-state index is 12.8. The lowest BCUT2D eigenvalue weighted by atomic mass is 10.2. The van der Waals surface area contributed by atoms with Crippen LogP contribution < -0.4 is 5.32 Å². The quantitative estimate of drug-likeness (QED) is 0.828. The molecule has 0 saturated heterocycles. The van der Waals surface area contributed by atoms with Gasteiger partial charge in [-0.05, 0) is 24.4 Å². The highest BCUT2D eigenvalue weighted by atomic mass is 35.5. The number of nitrogens with one attached hydrogen (secondary N) is 2. The van der Waals surface area contributed by atoms with Crippen molar-refractivity contribution in [3.8, 4) is 0 Å². The zero-order valence-corrected chi connectivity index (χ0v) is 9.60. The SMILES string of the molecule is FC(F)(F)C1(Nc2nc(Cl)nc3nc[nH]c23)CC1. The van der Waals surface area contributed by atoms with Crippen LogP contribution in [0.4, 0.5) is 19.0 Å². The zero-order chi connectivity index (χ0) is 13.0. The van der Waals surface area contributed by atoms with Crippen LogP contribution >= 0.6 is 11.6 Å². The summed E-state index contributed by atoms with van der Waals surface area (Å²) in [6.45, 7) is 0. The topological polar surface area (TPSA) is 66.5 Å². The molecule has 0 atom stereocenters. The first-order valence-corrected chi connectivity index (χ1v) is 5.51. The van der Waals surface area contributed by atoms with Crippen LogP contribution in [0.25, 0.3) is 11.2 Å². The number of H-pyrrole nitrogens is 1. The van der Waals surface area contributed by atoms with Crippen molar-refractivity contribution in [1.82, 2.24) is 19.9 Å². The molecular formula is C9H7ClF3N5. The molecule has 0 radical (unpaired) electrons. The van der Waals surface area contributed by atoms with E-state index in [9.17, 15) is 13.2 Å².